The number of hydrogen-bond acceptors (Lipinski definition) is 5. The van der Waals surface area contributed by atoms with Crippen molar-refractivity contribution in [2.24, 2.45) is 5.92 Å². The van der Waals surface area contributed by atoms with Crippen LogP contribution in [0.3, 0.4) is 0 Å². The van der Waals surface area contributed by atoms with E-state index in [0.717, 1.165) is 24.9 Å². The predicted molar refractivity (Wildman–Crippen MR) is 98.2 cm³/mol. The fraction of sp³-hybridized carbons (Fsp3) is 0.562. The maximum Gasteiger partial charge on any atom is 0.240 e. The summed E-state index contributed by atoms with van der Waals surface area (Å²) in [5, 5.41) is 6.09. The van der Waals surface area contributed by atoms with Crippen LogP contribution in [0.5, 0.6) is 0 Å². The number of hydrogen-bond donors (Lipinski definition) is 3. The van der Waals surface area contributed by atoms with Crippen molar-refractivity contribution in [1.29, 1.82) is 0 Å². The molecule has 0 radical (unpaired) electrons. The van der Waals surface area contributed by atoms with Gasteiger partial charge in [-0.1, -0.05) is 12.1 Å². The Bertz CT molecular complexity index is 649. The third kappa shape index (κ3) is 6.91. The fourth-order valence-electron chi connectivity index (χ4n) is 2.59. The third-order valence-electron chi connectivity index (χ3n) is 3.94. The molecule has 1 aliphatic rings. The first-order chi connectivity index (χ1) is 11.5. The molecule has 1 saturated heterocycles. The zero-order chi connectivity index (χ0) is 17.4. The maximum absolute atomic E-state index is 12.2. The number of benzene rings is 1. The van der Waals surface area contributed by atoms with Crippen LogP contribution >= 0.6 is 12.4 Å². The molecule has 1 aliphatic heterocycles. The average molecular weight is 392 g/mol. The molecule has 142 valence electrons. The average Bonchev–Trinajstić information content (AvgIpc) is 2.61. The fourth-order valence-corrected chi connectivity index (χ4v) is 3.68. The zero-order valence-corrected chi connectivity index (χ0v) is 15.9. The van der Waals surface area contributed by atoms with E-state index in [4.69, 9.17) is 4.74 Å². The molecule has 25 heavy (non-hydrogen) atoms. The molecule has 3 N–H and O–H groups in total. The normalized spacial score (nSPS) is 17.6. The van der Waals surface area contributed by atoms with E-state index in [1.54, 1.807) is 18.2 Å². The van der Waals surface area contributed by atoms with E-state index in [9.17, 15) is 13.2 Å². The SMILES string of the molecule is COCCNS(=O)(=O)c1cccc(CNC(=O)C2CCCNC2)c1.Cl. The predicted octanol–water partition coefficient (Wildman–Crippen LogP) is 0.649. The minimum Gasteiger partial charge on any atom is -0.383 e. The Morgan fingerprint density at radius 2 is 2.20 bits per heavy atom. The lowest BCUT2D eigenvalue weighted by atomic mass is 9.99. The van der Waals surface area contributed by atoms with Crippen molar-refractivity contribution in [2.75, 3.05) is 33.4 Å². The van der Waals surface area contributed by atoms with Crippen LogP contribution in [0, 0.1) is 5.92 Å². The summed E-state index contributed by atoms with van der Waals surface area (Å²) >= 11 is 0. The molecule has 0 aromatic heterocycles. The molecule has 1 heterocycles. The van der Waals surface area contributed by atoms with Crippen LogP contribution in [0.2, 0.25) is 0 Å². The molecule has 1 aromatic rings. The van der Waals surface area contributed by atoms with Gasteiger partial charge in [0.1, 0.15) is 0 Å². The second-order valence-electron chi connectivity index (χ2n) is 5.80. The van der Waals surface area contributed by atoms with Crippen molar-refractivity contribution >= 4 is 28.3 Å². The Morgan fingerprint density at radius 3 is 2.88 bits per heavy atom. The van der Waals surface area contributed by atoms with E-state index >= 15 is 0 Å². The molecule has 0 aliphatic carbocycles. The number of sulfonamides is 1. The number of ether oxygens (including phenoxy) is 1. The minimum absolute atomic E-state index is 0. The summed E-state index contributed by atoms with van der Waals surface area (Å²) in [5.74, 6) is -0.00458. The van der Waals surface area contributed by atoms with Crippen molar-refractivity contribution in [3.8, 4) is 0 Å². The lowest BCUT2D eigenvalue weighted by Gasteiger charge is -2.21. The molecule has 0 bridgehead atoms. The highest BCUT2D eigenvalue weighted by atomic mass is 35.5. The van der Waals surface area contributed by atoms with Gasteiger partial charge < -0.3 is 15.4 Å². The number of rotatable bonds is 8. The quantitative estimate of drug-likeness (QED) is 0.565. The summed E-state index contributed by atoms with van der Waals surface area (Å²) in [6.45, 7) is 2.50. The highest BCUT2D eigenvalue weighted by Crippen LogP contribution is 2.13. The van der Waals surface area contributed by atoms with Crippen molar-refractivity contribution in [2.45, 2.75) is 24.3 Å². The van der Waals surface area contributed by atoms with Gasteiger partial charge in [0.15, 0.2) is 0 Å². The summed E-state index contributed by atoms with van der Waals surface area (Å²) in [6.07, 6.45) is 1.88. The standard InChI is InChI=1S/C16H25N3O4S.ClH/c1-23-9-8-19-24(21,22)15-6-2-4-13(10-15)11-18-16(20)14-5-3-7-17-12-14;/h2,4,6,10,14,17,19H,3,5,7-9,11-12H2,1H3,(H,18,20);1H. The van der Waals surface area contributed by atoms with Crippen LogP contribution in [-0.2, 0) is 26.1 Å². The minimum atomic E-state index is -3.57. The molecule has 7 nitrogen and oxygen atoms in total. The summed E-state index contributed by atoms with van der Waals surface area (Å²) in [7, 11) is -2.05. The van der Waals surface area contributed by atoms with E-state index in [2.05, 4.69) is 15.4 Å². The van der Waals surface area contributed by atoms with Gasteiger partial charge in [-0.05, 0) is 37.1 Å². The number of carbonyl (C=O) groups excluding carboxylic acids is 1. The van der Waals surface area contributed by atoms with Gasteiger partial charge in [0.25, 0.3) is 0 Å². The van der Waals surface area contributed by atoms with Crippen molar-refractivity contribution < 1.29 is 17.9 Å². The number of amides is 1. The van der Waals surface area contributed by atoms with Gasteiger partial charge in [0.05, 0.1) is 17.4 Å². The van der Waals surface area contributed by atoms with E-state index in [1.807, 2.05) is 0 Å². The molecule has 1 amide bonds. The van der Waals surface area contributed by atoms with Gasteiger partial charge in [-0.15, -0.1) is 12.4 Å². The number of methoxy groups -OCH3 is 1. The second kappa shape index (κ2) is 10.7. The molecule has 1 aromatic carbocycles. The van der Waals surface area contributed by atoms with Crippen LogP contribution in [-0.4, -0.2) is 47.7 Å². The molecule has 9 heteroatoms. The van der Waals surface area contributed by atoms with Gasteiger partial charge in [-0.2, -0.15) is 0 Å². The Labute approximate surface area is 155 Å². The van der Waals surface area contributed by atoms with Gasteiger partial charge in [-0.25, -0.2) is 13.1 Å². The first-order valence-corrected chi connectivity index (χ1v) is 9.57. The highest BCUT2D eigenvalue weighted by molar-refractivity contribution is 7.89. The number of nitrogens with one attached hydrogen (secondary N) is 3. The van der Waals surface area contributed by atoms with E-state index in [-0.39, 0.29) is 35.7 Å². The van der Waals surface area contributed by atoms with Crippen LogP contribution < -0.4 is 15.4 Å². The Balaban J connectivity index is 0.00000312. The number of carbonyl (C=O) groups is 1. The smallest absolute Gasteiger partial charge is 0.240 e. The van der Waals surface area contributed by atoms with Gasteiger partial charge in [-0.3, -0.25) is 4.79 Å². The van der Waals surface area contributed by atoms with Crippen molar-refractivity contribution in [3.05, 3.63) is 29.8 Å². The largest absolute Gasteiger partial charge is 0.383 e. The topological polar surface area (TPSA) is 96.5 Å². The van der Waals surface area contributed by atoms with Crippen LogP contribution in [0.25, 0.3) is 0 Å². The Kier molecular flexibility index (Phi) is 9.37. The summed E-state index contributed by atoms with van der Waals surface area (Å²) in [4.78, 5) is 12.3. The number of piperidine rings is 1. The lowest BCUT2D eigenvalue weighted by Crippen LogP contribution is -2.40. The molecular weight excluding hydrogens is 366 g/mol. The molecule has 0 saturated carbocycles. The zero-order valence-electron chi connectivity index (χ0n) is 14.3. The van der Waals surface area contributed by atoms with Gasteiger partial charge in [0, 0.05) is 26.7 Å². The van der Waals surface area contributed by atoms with E-state index < -0.39 is 10.0 Å². The van der Waals surface area contributed by atoms with Crippen LogP contribution in [0.1, 0.15) is 18.4 Å². The molecule has 2 rings (SSSR count). The first-order valence-electron chi connectivity index (χ1n) is 8.09. The summed E-state index contributed by atoms with van der Waals surface area (Å²) in [6, 6.07) is 6.59. The van der Waals surface area contributed by atoms with Crippen LogP contribution in [0.15, 0.2) is 29.2 Å². The van der Waals surface area contributed by atoms with Crippen molar-refractivity contribution in [3.63, 3.8) is 0 Å². The van der Waals surface area contributed by atoms with Gasteiger partial charge in [0.2, 0.25) is 15.9 Å². The summed E-state index contributed by atoms with van der Waals surface area (Å²) in [5.41, 5.74) is 0.752. The van der Waals surface area contributed by atoms with Crippen molar-refractivity contribution in [1.82, 2.24) is 15.4 Å². The number of halogens is 1. The maximum atomic E-state index is 12.2. The van der Waals surface area contributed by atoms with Crippen LogP contribution in [0.4, 0.5) is 0 Å². The first kappa shape index (κ1) is 21.9. The molecule has 1 fully saturated rings. The molecule has 1 unspecified atom stereocenters. The molecular formula is C16H26ClN3O4S. The van der Waals surface area contributed by atoms with E-state index in [0.29, 0.717) is 19.7 Å². The second-order valence-corrected chi connectivity index (χ2v) is 7.57. The molecule has 1 atom stereocenters. The van der Waals surface area contributed by atoms with E-state index in [1.165, 1.54) is 13.2 Å². The Morgan fingerprint density at radius 1 is 1.40 bits per heavy atom. The highest BCUT2D eigenvalue weighted by Gasteiger charge is 2.20. The summed E-state index contributed by atoms with van der Waals surface area (Å²) < 4.78 is 31.7. The lowest BCUT2D eigenvalue weighted by molar-refractivity contribution is -0.125. The Hall–Kier alpha value is -1.19. The third-order valence-corrected chi connectivity index (χ3v) is 5.40. The molecule has 0 spiro atoms. The van der Waals surface area contributed by atoms with Gasteiger partial charge >= 0.3 is 0 Å². The monoisotopic (exact) mass is 391 g/mol.